The Hall–Kier alpha value is -0.950. The molecule has 0 radical (unpaired) electrons. The molecule has 3 heterocycles. The summed E-state index contributed by atoms with van der Waals surface area (Å²) >= 11 is 0. The van der Waals surface area contributed by atoms with Crippen LogP contribution < -0.4 is 5.73 Å². The van der Waals surface area contributed by atoms with Crippen molar-refractivity contribution in [2.75, 3.05) is 11.5 Å². The highest BCUT2D eigenvalue weighted by Gasteiger charge is 2.27. The predicted molar refractivity (Wildman–Crippen MR) is 71.3 cm³/mol. The zero-order valence-corrected chi connectivity index (χ0v) is 11.8. The topological polar surface area (TPSA) is 90.9 Å². The largest absolute Gasteiger partial charge is 0.321 e. The molecule has 7 heteroatoms. The molecule has 6 nitrogen and oxygen atoms in total. The molecule has 0 aromatic carbocycles. The lowest BCUT2D eigenvalue weighted by Crippen LogP contribution is -2.27. The lowest BCUT2D eigenvalue weighted by molar-refractivity contribution is 0.414. The minimum Gasteiger partial charge on any atom is -0.321 e. The molecular weight excluding hydrogens is 264 g/mol. The van der Waals surface area contributed by atoms with Crippen LogP contribution >= 0.6 is 0 Å². The van der Waals surface area contributed by atoms with Crippen LogP contribution in [0.4, 0.5) is 0 Å². The standard InChI is InChI=1S/C12H20N4O2S/c13-10-2-1-5-16-11(14-15-12(10)16)8-9-3-6-19(17,18)7-4-9/h9-10H,1-8,13H2. The number of nitrogens with two attached hydrogens (primary N) is 1. The van der Waals surface area contributed by atoms with Gasteiger partial charge in [-0.3, -0.25) is 0 Å². The Balaban J connectivity index is 1.71. The van der Waals surface area contributed by atoms with Crippen molar-refractivity contribution in [2.24, 2.45) is 11.7 Å². The molecule has 2 N–H and O–H groups in total. The third kappa shape index (κ3) is 2.67. The Kier molecular flexibility index (Phi) is 3.34. The molecule has 1 aromatic rings. The third-order valence-corrected chi connectivity index (χ3v) is 5.95. The number of rotatable bonds is 2. The van der Waals surface area contributed by atoms with Crippen molar-refractivity contribution < 1.29 is 8.42 Å². The van der Waals surface area contributed by atoms with E-state index in [2.05, 4.69) is 14.8 Å². The van der Waals surface area contributed by atoms with E-state index in [4.69, 9.17) is 5.73 Å². The van der Waals surface area contributed by atoms with Crippen molar-refractivity contribution in [3.05, 3.63) is 11.6 Å². The number of hydrogen-bond donors (Lipinski definition) is 1. The number of aromatic nitrogens is 3. The molecule has 2 aliphatic rings. The van der Waals surface area contributed by atoms with E-state index in [1.165, 1.54) is 0 Å². The summed E-state index contributed by atoms with van der Waals surface area (Å²) < 4.78 is 25.0. The van der Waals surface area contributed by atoms with E-state index in [-0.39, 0.29) is 6.04 Å². The molecule has 1 aromatic heterocycles. The van der Waals surface area contributed by atoms with Gasteiger partial charge in [-0.2, -0.15) is 0 Å². The maximum absolute atomic E-state index is 11.4. The highest BCUT2D eigenvalue weighted by atomic mass is 32.2. The van der Waals surface area contributed by atoms with Crippen molar-refractivity contribution in [2.45, 2.75) is 44.7 Å². The maximum atomic E-state index is 11.4. The number of sulfone groups is 1. The molecule has 2 aliphatic heterocycles. The Bertz CT molecular complexity index is 552. The van der Waals surface area contributed by atoms with Crippen LogP contribution in [0.5, 0.6) is 0 Å². The zero-order chi connectivity index (χ0) is 13.5. The van der Waals surface area contributed by atoms with Gasteiger partial charge in [0.2, 0.25) is 0 Å². The summed E-state index contributed by atoms with van der Waals surface area (Å²) in [5.41, 5.74) is 6.03. The summed E-state index contributed by atoms with van der Waals surface area (Å²) in [6.07, 6.45) is 4.36. The van der Waals surface area contributed by atoms with Crippen molar-refractivity contribution in [1.29, 1.82) is 0 Å². The van der Waals surface area contributed by atoms with E-state index in [0.717, 1.165) is 50.3 Å². The summed E-state index contributed by atoms with van der Waals surface area (Å²) in [5.74, 6) is 2.92. The second-order valence-corrected chi connectivity index (χ2v) is 7.98. The minimum absolute atomic E-state index is 0.00161. The van der Waals surface area contributed by atoms with Gasteiger partial charge >= 0.3 is 0 Å². The van der Waals surface area contributed by atoms with Gasteiger partial charge in [0, 0.05) is 13.0 Å². The summed E-state index contributed by atoms with van der Waals surface area (Å²) in [4.78, 5) is 0. The molecule has 3 rings (SSSR count). The van der Waals surface area contributed by atoms with Gasteiger partial charge in [-0.1, -0.05) is 0 Å². The number of fused-ring (bicyclic) bond motifs is 1. The van der Waals surface area contributed by atoms with E-state index in [9.17, 15) is 8.42 Å². The average molecular weight is 284 g/mol. The lowest BCUT2D eigenvalue weighted by Gasteiger charge is -2.24. The predicted octanol–water partition coefficient (Wildman–Crippen LogP) is 0.439. The van der Waals surface area contributed by atoms with E-state index >= 15 is 0 Å². The molecule has 0 bridgehead atoms. The maximum Gasteiger partial charge on any atom is 0.150 e. The van der Waals surface area contributed by atoms with Crippen LogP contribution in [0.2, 0.25) is 0 Å². The molecule has 0 amide bonds. The van der Waals surface area contributed by atoms with E-state index in [0.29, 0.717) is 17.4 Å². The molecule has 0 spiro atoms. The van der Waals surface area contributed by atoms with Gasteiger partial charge in [0.25, 0.3) is 0 Å². The second-order valence-electron chi connectivity index (χ2n) is 5.67. The van der Waals surface area contributed by atoms with Gasteiger partial charge < -0.3 is 10.3 Å². The molecule has 0 aliphatic carbocycles. The smallest absolute Gasteiger partial charge is 0.150 e. The summed E-state index contributed by atoms with van der Waals surface area (Å²) in [6.45, 7) is 0.941. The van der Waals surface area contributed by atoms with Gasteiger partial charge in [0.05, 0.1) is 17.5 Å². The zero-order valence-electron chi connectivity index (χ0n) is 11.0. The van der Waals surface area contributed by atoms with E-state index in [1.54, 1.807) is 0 Å². The fourth-order valence-electron chi connectivity index (χ4n) is 3.02. The molecule has 19 heavy (non-hydrogen) atoms. The first-order valence-electron chi connectivity index (χ1n) is 6.93. The molecular formula is C12H20N4O2S. The van der Waals surface area contributed by atoms with Gasteiger partial charge in [0.1, 0.15) is 21.5 Å². The molecule has 1 unspecified atom stereocenters. The van der Waals surface area contributed by atoms with E-state index < -0.39 is 9.84 Å². The van der Waals surface area contributed by atoms with Crippen LogP contribution in [0.1, 0.15) is 43.4 Å². The minimum atomic E-state index is -2.78. The van der Waals surface area contributed by atoms with Crippen molar-refractivity contribution in [1.82, 2.24) is 14.8 Å². The Morgan fingerprint density at radius 1 is 1.21 bits per heavy atom. The molecule has 1 saturated heterocycles. The number of hydrogen-bond acceptors (Lipinski definition) is 5. The lowest BCUT2D eigenvalue weighted by atomic mass is 9.98. The molecule has 106 valence electrons. The summed E-state index contributed by atoms with van der Waals surface area (Å²) in [5, 5.41) is 8.46. The van der Waals surface area contributed by atoms with Crippen molar-refractivity contribution in [3.8, 4) is 0 Å². The monoisotopic (exact) mass is 284 g/mol. The highest BCUT2D eigenvalue weighted by molar-refractivity contribution is 7.91. The van der Waals surface area contributed by atoms with Gasteiger partial charge in [0.15, 0.2) is 0 Å². The van der Waals surface area contributed by atoms with Crippen LogP contribution in [0.25, 0.3) is 0 Å². The number of nitrogens with zero attached hydrogens (tertiary/aromatic N) is 3. The Labute approximate surface area is 113 Å². The van der Waals surface area contributed by atoms with Crippen LogP contribution in [-0.4, -0.2) is 34.7 Å². The van der Waals surface area contributed by atoms with Crippen molar-refractivity contribution >= 4 is 9.84 Å². The van der Waals surface area contributed by atoms with Gasteiger partial charge in [-0.25, -0.2) is 8.42 Å². The van der Waals surface area contributed by atoms with Crippen LogP contribution in [0.15, 0.2) is 0 Å². The third-order valence-electron chi connectivity index (χ3n) is 4.23. The summed E-state index contributed by atoms with van der Waals surface area (Å²) in [7, 11) is -2.78. The first kappa shape index (κ1) is 13.1. The molecule has 1 atom stereocenters. The van der Waals surface area contributed by atoms with E-state index in [1.807, 2.05) is 0 Å². The first-order valence-corrected chi connectivity index (χ1v) is 8.75. The SMILES string of the molecule is NC1CCCn2c(CC3CCS(=O)(=O)CC3)nnc21. The summed E-state index contributed by atoms with van der Waals surface area (Å²) in [6, 6.07) is 0.00161. The fourth-order valence-corrected chi connectivity index (χ4v) is 4.61. The average Bonchev–Trinajstić information content (AvgIpc) is 2.77. The van der Waals surface area contributed by atoms with Gasteiger partial charge in [-0.05, 0) is 31.6 Å². The van der Waals surface area contributed by atoms with Crippen LogP contribution in [0, 0.1) is 5.92 Å². The van der Waals surface area contributed by atoms with Crippen LogP contribution in [-0.2, 0) is 22.8 Å². The first-order chi connectivity index (χ1) is 9.05. The molecule has 1 fully saturated rings. The normalized spacial score (nSPS) is 27.1. The quantitative estimate of drug-likeness (QED) is 0.851. The molecule has 0 saturated carbocycles. The van der Waals surface area contributed by atoms with Crippen LogP contribution in [0.3, 0.4) is 0 Å². The fraction of sp³-hybridized carbons (Fsp3) is 0.833. The Morgan fingerprint density at radius 3 is 2.68 bits per heavy atom. The second kappa shape index (κ2) is 4.86. The highest BCUT2D eigenvalue weighted by Crippen LogP contribution is 2.26. The Morgan fingerprint density at radius 2 is 1.95 bits per heavy atom. The van der Waals surface area contributed by atoms with Crippen molar-refractivity contribution in [3.63, 3.8) is 0 Å². The van der Waals surface area contributed by atoms with Gasteiger partial charge in [-0.15, -0.1) is 10.2 Å².